The van der Waals surface area contributed by atoms with Crippen LogP contribution in [0.4, 0.5) is 9.93 Å². The predicted molar refractivity (Wildman–Crippen MR) is 280 cm³/mol. The number of nitrogens with one attached hydrogen (secondary N) is 2. The molecule has 0 aliphatic carbocycles. The monoisotopic (exact) mass is 1010 g/mol. The standard InChI is InChI=1S/C57H52N6O8S2/c64-34-45-32-19-33-62(45)54(69)70-37-55(52(67)68)36-63-50(66)48(51(63)73-38-55)59-49(65)47(61-71-57(42-26-13-4-14-27-42,43-28-15-5-16-29-43)44-30-17-6-18-31-44)46-35-72-53(58-46)60-56(39-20-7-1-8-21-39,40-22-9-2-10-23-40)41-24-11-3-12-25-41/h1-18,20-31,35,45,48,51,64H,19,32-34,36-38H2,(H,58,60)(H,59,65)(H,67,68)/t45?,48?,51-,55?/m1/s1. The van der Waals surface area contributed by atoms with Crippen molar-refractivity contribution in [2.45, 2.75) is 41.4 Å². The van der Waals surface area contributed by atoms with Crippen LogP contribution in [-0.4, -0.2) is 104 Å². The molecule has 4 N–H and O–H groups in total. The number of thiazole rings is 1. The van der Waals surface area contributed by atoms with E-state index in [1.165, 1.54) is 32.9 Å². The van der Waals surface area contributed by atoms with Crippen LogP contribution in [0.2, 0.25) is 0 Å². The molecule has 4 atom stereocenters. The van der Waals surface area contributed by atoms with Crippen LogP contribution in [0.1, 0.15) is 51.9 Å². The van der Waals surface area contributed by atoms with E-state index in [4.69, 9.17) is 19.7 Å². The number of aliphatic hydroxyl groups is 1. The van der Waals surface area contributed by atoms with Crippen molar-refractivity contribution in [1.29, 1.82) is 0 Å². The summed E-state index contributed by atoms with van der Waals surface area (Å²) < 4.78 is 5.57. The van der Waals surface area contributed by atoms with E-state index in [1.807, 2.05) is 146 Å². The molecule has 0 bridgehead atoms. The highest BCUT2D eigenvalue weighted by Crippen LogP contribution is 2.45. The molecule has 3 aliphatic rings. The van der Waals surface area contributed by atoms with Crippen LogP contribution in [0, 0.1) is 5.41 Å². The van der Waals surface area contributed by atoms with Gasteiger partial charge in [0, 0.05) is 40.9 Å². The number of ether oxygens (including phenoxy) is 1. The van der Waals surface area contributed by atoms with Crippen molar-refractivity contribution in [2.75, 3.05) is 37.4 Å². The lowest BCUT2D eigenvalue weighted by atomic mass is 9.77. The zero-order valence-corrected chi connectivity index (χ0v) is 41.2. The molecule has 14 nitrogen and oxygen atoms in total. The van der Waals surface area contributed by atoms with Gasteiger partial charge in [-0.3, -0.25) is 14.4 Å². The van der Waals surface area contributed by atoms with Gasteiger partial charge in [-0.05, 0) is 29.5 Å². The van der Waals surface area contributed by atoms with E-state index in [2.05, 4.69) is 47.0 Å². The second-order valence-electron chi connectivity index (χ2n) is 18.3. The highest BCUT2D eigenvalue weighted by Gasteiger charge is 2.58. The molecule has 1 aromatic heterocycles. The summed E-state index contributed by atoms with van der Waals surface area (Å²) in [5.41, 5.74) is 1.08. The van der Waals surface area contributed by atoms with Gasteiger partial charge in [0.1, 0.15) is 34.7 Å². The Labute approximate surface area is 430 Å². The molecule has 6 aromatic carbocycles. The Kier molecular flexibility index (Phi) is 14.1. The Bertz CT molecular complexity index is 2890. The number of hydrogen-bond acceptors (Lipinski definition) is 12. The van der Waals surface area contributed by atoms with Crippen molar-refractivity contribution < 1.29 is 39.0 Å². The summed E-state index contributed by atoms with van der Waals surface area (Å²) in [6.07, 6.45) is 0.607. The quantitative estimate of drug-likeness (QED) is 0.0298. The van der Waals surface area contributed by atoms with E-state index in [9.17, 15) is 24.6 Å². The van der Waals surface area contributed by atoms with Crippen molar-refractivity contribution in [2.24, 2.45) is 10.6 Å². The summed E-state index contributed by atoms with van der Waals surface area (Å²) >= 11 is 2.46. The lowest BCUT2D eigenvalue weighted by molar-refractivity contribution is -0.160. The Morgan fingerprint density at radius 3 is 1.71 bits per heavy atom. The van der Waals surface area contributed by atoms with Crippen molar-refractivity contribution in [3.63, 3.8) is 0 Å². The van der Waals surface area contributed by atoms with Gasteiger partial charge in [0.25, 0.3) is 5.91 Å². The van der Waals surface area contributed by atoms with Gasteiger partial charge in [0.15, 0.2) is 10.8 Å². The number of aromatic nitrogens is 1. The first-order chi connectivity index (χ1) is 35.7. The first-order valence-corrected chi connectivity index (χ1v) is 25.9. The average molecular weight is 1010 g/mol. The van der Waals surface area contributed by atoms with Gasteiger partial charge in [-0.15, -0.1) is 23.1 Å². The third kappa shape index (κ3) is 9.33. The first-order valence-electron chi connectivity index (χ1n) is 24.0. The van der Waals surface area contributed by atoms with Gasteiger partial charge in [0.05, 0.1) is 12.6 Å². The molecular formula is C57H52N6O8S2. The smallest absolute Gasteiger partial charge is 0.410 e. The summed E-state index contributed by atoms with van der Waals surface area (Å²) in [4.78, 5) is 70.0. The Hall–Kier alpha value is -7.79. The van der Waals surface area contributed by atoms with E-state index in [1.54, 1.807) is 5.38 Å². The van der Waals surface area contributed by atoms with Gasteiger partial charge < -0.3 is 40.2 Å². The van der Waals surface area contributed by atoms with Crippen molar-refractivity contribution in [3.8, 4) is 0 Å². The Morgan fingerprint density at radius 1 is 0.740 bits per heavy atom. The SMILES string of the molecule is O=C(NC1C(=O)N2CC(COC(=O)N3CCCC3CO)(C(=O)O)CS[C@H]12)C(=NOC(c1ccccc1)(c1ccccc1)c1ccccc1)c1csc(NC(c2ccccc2)(c2ccccc2)c2ccccc2)n1. The number of oxime groups is 1. The van der Waals surface area contributed by atoms with E-state index in [0.717, 1.165) is 33.4 Å². The zero-order valence-electron chi connectivity index (χ0n) is 39.5. The number of carboxylic acids is 1. The van der Waals surface area contributed by atoms with Crippen LogP contribution in [0.25, 0.3) is 0 Å². The molecule has 370 valence electrons. The van der Waals surface area contributed by atoms with Gasteiger partial charge >= 0.3 is 12.1 Å². The summed E-state index contributed by atoms with van der Waals surface area (Å²) in [6.45, 7) is -0.552. The number of nitrogens with zero attached hydrogens (tertiary/aromatic N) is 4. The fraction of sp³-hybridized carbons (Fsp3) is 0.228. The molecule has 4 heterocycles. The number of rotatable bonds is 17. The number of aliphatic hydroxyl groups excluding tert-OH is 1. The molecule has 0 spiro atoms. The highest BCUT2D eigenvalue weighted by atomic mass is 32.2. The van der Waals surface area contributed by atoms with Gasteiger partial charge in [0.2, 0.25) is 11.5 Å². The van der Waals surface area contributed by atoms with Gasteiger partial charge in [-0.1, -0.05) is 187 Å². The minimum absolute atomic E-state index is 0.00915. The second-order valence-corrected chi connectivity index (χ2v) is 20.2. The predicted octanol–water partition coefficient (Wildman–Crippen LogP) is 8.32. The maximum atomic E-state index is 15.1. The number of likely N-dealkylation sites (tertiary alicyclic amines) is 1. The summed E-state index contributed by atoms with van der Waals surface area (Å²) in [7, 11) is 0. The fourth-order valence-corrected chi connectivity index (χ4v) is 12.3. The molecular weight excluding hydrogens is 961 g/mol. The first kappa shape index (κ1) is 48.8. The van der Waals surface area contributed by atoms with Gasteiger partial charge in [-0.2, -0.15) is 0 Å². The van der Waals surface area contributed by atoms with Crippen molar-refractivity contribution >= 4 is 57.8 Å². The number of carbonyl (C=O) groups is 4. The summed E-state index contributed by atoms with van der Waals surface area (Å²) in [5, 5.41) is 33.3. The number of fused-ring (bicyclic) bond motifs is 1. The molecule has 3 unspecified atom stereocenters. The molecule has 3 fully saturated rings. The van der Waals surface area contributed by atoms with E-state index < -0.39 is 64.5 Å². The van der Waals surface area contributed by atoms with Crippen LogP contribution < -0.4 is 10.6 Å². The van der Waals surface area contributed by atoms with Crippen LogP contribution in [-0.2, 0) is 35.1 Å². The second kappa shape index (κ2) is 21.1. The largest absolute Gasteiger partial charge is 0.481 e. The molecule has 3 saturated heterocycles. The minimum atomic E-state index is -1.61. The van der Waals surface area contributed by atoms with E-state index in [0.29, 0.717) is 24.5 Å². The lowest BCUT2D eigenvalue weighted by Crippen LogP contribution is -2.74. The number of aliphatic carboxylic acids is 1. The molecule has 16 heteroatoms. The van der Waals surface area contributed by atoms with E-state index in [-0.39, 0.29) is 30.3 Å². The van der Waals surface area contributed by atoms with Crippen LogP contribution in [0.15, 0.2) is 193 Å². The molecule has 0 saturated carbocycles. The highest BCUT2D eigenvalue weighted by molar-refractivity contribution is 8.00. The van der Waals surface area contributed by atoms with Crippen LogP contribution in [0.3, 0.4) is 0 Å². The number of anilines is 1. The number of carboxylic acid groups (broad SMARTS) is 1. The Morgan fingerprint density at radius 2 is 1.23 bits per heavy atom. The van der Waals surface area contributed by atoms with Crippen molar-refractivity contribution in [1.82, 2.24) is 20.1 Å². The van der Waals surface area contributed by atoms with Crippen LogP contribution in [0.5, 0.6) is 0 Å². The number of carbonyl (C=O) groups excluding carboxylic acids is 3. The molecule has 3 aliphatic heterocycles. The molecule has 10 rings (SSSR count). The third-order valence-corrected chi connectivity index (χ3v) is 16.2. The lowest BCUT2D eigenvalue weighted by Gasteiger charge is -2.53. The average Bonchev–Trinajstić information content (AvgIpc) is 4.14. The molecule has 7 aromatic rings. The van der Waals surface area contributed by atoms with Gasteiger partial charge in [-0.25, -0.2) is 9.78 Å². The topological polar surface area (TPSA) is 183 Å². The maximum absolute atomic E-state index is 15.1. The molecule has 0 radical (unpaired) electrons. The number of benzene rings is 6. The fourth-order valence-electron chi connectivity index (χ4n) is 10.0. The number of β-lactam (4-membered cyclic amide) rings is 1. The third-order valence-electron chi connectivity index (χ3n) is 13.9. The number of thioether (sulfide) groups is 1. The molecule has 73 heavy (non-hydrogen) atoms. The summed E-state index contributed by atoms with van der Waals surface area (Å²) in [6, 6.07) is 57.5. The Balaban J connectivity index is 1.01. The normalized spacial score (nSPS) is 19.8. The van der Waals surface area contributed by atoms with Crippen molar-refractivity contribution in [3.05, 3.63) is 226 Å². The molecule has 3 amide bonds. The van der Waals surface area contributed by atoms with E-state index >= 15 is 4.79 Å². The number of amides is 3. The number of hydrogen-bond donors (Lipinski definition) is 4. The zero-order chi connectivity index (χ0) is 50.4. The maximum Gasteiger partial charge on any atom is 0.410 e. The summed E-state index contributed by atoms with van der Waals surface area (Å²) in [5.74, 6) is -2.48. The minimum Gasteiger partial charge on any atom is -0.481 e. The van der Waals surface area contributed by atoms with Crippen LogP contribution >= 0.6 is 23.1 Å².